The molecule has 0 N–H and O–H groups in total. The summed E-state index contributed by atoms with van der Waals surface area (Å²) < 4.78 is 0. The van der Waals surface area contributed by atoms with Crippen molar-refractivity contribution in [3.63, 3.8) is 0 Å². The Morgan fingerprint density at radius 2 is 1.83 bits per heavy atom. The Morgan fingerprint density at radius 3 is 2.56 bits per heavy atom. The van der Waals surface area contributed by atoms with Gasteiger partial charge in [0.05, 0.1) is 0 Å². The van der Waals surface area contributed by atoms with Crippen LogP contribution < -0.4 is 0 Å². The zero-order valence-electron chi connectivity index (χ0n) is 11.4. The second-order valence-electron chi connectivity index (χ2n) is 5.84. The zero-order chi connectivity index (χ0) is 12.8. The molecule has 18 heavy (non-hydrogen) atoms. The quantitative estimate of drug-likeness (QED) is 0.547. The molecule has 104 valence electrons. The van der Waals surface area contributed by atoms with Gasteiger partial charge in [0.1, 0.15) is 0 Å². The largest absolute Gasteiger partial charge is 0.339 e. The molecule has 0 aromatic heterocycles. The third kappa shape index (κ3) is 3.63. The van der Waals surface area contributed by atoms with Crippen molar-refractivity contribution in [2.24, 2.45) is 5.92 Å². The van der Waals surface area contributed by atoms with Crippen molar-refractivity contribution in [1.29, 1.82) is 0 Å². The fourth-order valence-corrected chi connectivity index (χ4v) is 3.81. The third-order valence-electron chi connectivity index (χ3n) is 4.59. The number of alkyl halides is 1. The Bertz CT molecular complexity index is 263. The summed E-state index contributed by atoms with van der Waals surface area (Å²) in [7, 11) is 0. The SMILES string of the molecule is O=C(CCCCCl)N1CCCC1C1CCCCC1. The fraction of sp³-hybridized carbons (Fsp3) is 0.933. The molecule has 0 aromatic carbocycles. The van der Waals surface area contributed by atoms with Gasteiger partial charge in [-0.25, -0.2) is 0 Å². The Hall–Kier alpha value is -0.240. The van der Waals surface area contributed by atoms with Gasteiger partial charge in [0.2, 0.25) is 5.91 Å². The number of carbonyl (C=O) groups excluding carboxylic acids is 1. The summed E-state index contributed by atoms with van der Waals surface area (Å²) in [4.78, 5) is 14.5. The van der Waals surface area contributed by atoms with Crippen molar-refractivity contribution in [1.82, 2.24) is 4.90 Å². The first-order valence-corrected chi connectivity index (χ1v) is 8.22. The molecule has 1 heterocycles. The number of amides is 1. The molecule has 2 rings (SSSR count). The Labute approximate surface area is 116 Å². The second kappa shape index (κ2) is 7.37. The van der Waals surface area contributed by atoms with Crippen LogP contribution in [0.25, 0.3) is 0 Å². The topological polar surface area (TPSA) is 20.3 Å². The standard InChI is InChI=1S/C15H26ClNO/c16-11-5-4-10-15(18)17-12-6-9-14(17)13-7-2-1-3-8-13/h13-14H,1-12H2. The molecule has 1 unspecified atom stereocenters. The van der Waals surface area contributed by atoms with Crippen LogP contribution in [0.5, 0.6) is 0 Å². The maximum atomic E-state index is 12.3. The average Bonchev–Trinajstić information content (AvgIpc) is 2.89. The van der Waals surface area contributed by atoms with E-state index < -0.39 is 0 Å². The van der Waals surface area contributed by atoms with E-state index in [9.17, 15) is 4.79 Å². The highest BCUT2D eigenvalue weighted by atomic mass is 35.5. The molecule has 1 aliphatic carbocycles. The normalized spacial score (nSPS) is 25.6. The summed E-state index contributed by atoms with van der Waals surface area (Å²) in [5.41, 5.74) is 0. The van der Waals surface area contributed by atoms with Crippen LogP contribution in [0.4, 0.5) is 0 Å². The predicted molar refractivity (Wildman–Crippen MR) is 75.9 cm³/mol. The van der Waals surface area contributed by atoms with Crippen LogP contribution in [0.1, 0.15) is 64.2 Å². The van der Waals surface area contributed by atoms with Crippen LogP contribution in [0.2, 0.25) is 0 Å². The van der Waals surface area contributed by atoms with Crippen molar-refractivity contribution in [3.05, 3.63) is 0 Å². The first kappa shape index (κ1) is 14.2. The second-order valence-corrected chi connectivity index (χ2v) is 6.22. The molecular weight excluding hydrogens is 246 g/mol. The molecular formula is C15H26ClNO. The first-order chi connectivity index (χ1) is 8.83. The van der Waals surface area contributed by atoms with Crippen LogP contribution in [0.15, 0.2) is 0 Å². The summed E-state index contributed by atoms with van der Waals surface area (Å²) in [5, 5.41) is 0. The van der Waals surface area contributed by atoms with Gasteiger partial charge in [-0.1, -0.05) is 19.3 Å². The molecule has 1 atom stereocenters. The van der Waals surface area contributed by atoms with Gasteiger partial charge in [-0.05, 0) is 44.4 Å². The van der Waals surface area contributed by atoms with Crippen LogP contribution in [0.3, 0.4) is 0 Å². The number of carbonyl (C=O) groups is 1. The summed E-state index contributed by atoms with van der Waals surface area (Å²) in [6.07, 6.45) is 11.9. The van der Waals surface area contributed by atoms with Crippen LogP contribution in [0, 0.1) is 5.92 Å². The van der Waals surface area contributed by atoms with Gasteiger partial charge in [-0.15, -0.1) is 11.6 Å². The van der Waals surface area contributed by atoms with E-state index in [1.807, 2.05) is 0 Å². The van der Waals surface area contributed by atoms with Gasteiger partial charge in [0.25, 0.3) is 0 Å². The molecule has 1 aliphatic heterocycles. The van der Waals surface area contributed by atoms with E-state index >= 15 is 0 Å². The van der Waals surface area contributed by atoms with Crippen molar-refractivity contribution >= 4 is 17.5 Å². The van der Waals surface area contributed by atoms with E-state index in [1.54, 1.807) is 0 Å². The minimum absolute atomic E-state index is 0.383. The minimum atomic E-state index is 0.383. The van der Waals surface area contributed by atoms with Gasteiger partial charge < -0.3 is 4.90 Å². The Balaban J connectivity index is 1.84. The van der Waals surface area contributed by atoms with Crippen LogP contribution in [-0.4, -0.2) is 29.3 Å². The van der Waals surface area contributed by atoms with Crippen molar-refractivity contribution < 1.29 is 4.79 Å². The molecule has 2 nitrogen and oxygen atoms in total. The first-order valence-electron chi connectivity index (χ1n) is 7.68. The van der Waals surface area contributed by atoms with E-state index in [0.29, 0.717) is 24.2 Å². The lowest BCUT2D eigenvalue weighted by Gasteiger charge is -2.34. The van der Waals surface area contributed by atoms with Crippen molar-refractivity contribution in [3.8, 4) is 0 Å². The number of unbranched alkanes of at least 4 members (excludes halogenated alkanes) is 1. The maximum absolute atomic E-state index is 12.3. The Kier molecular flexibility index (Phi) is 5.81. The smallest absolute Gasteiger partial charge is 0.222 e. The molecule has 1 saturated carbocycles. The van der Waals surface area contributed by atoms with Gasteiger partial charge in [-0.3, -0.25) is 4.79 Å². The third-order valence-corrected chi connectivity index (χ3v) is 4.86. The number of hydrogen-bond acceptors (Lipinski definition) is 1. The number of likely N-dealkylation sites (tertiary alicyclic amines) is 1. The molecule has 1 saturated heterocycles. The number of hydrogen-bond donors (Lipinski definition) is 0. The van der Waals surface area contributed by atoms with E-state index in [1.165, 1.54) is 44.9 Å². The molecule has 1 amide bonds. The zero-order valence-corrected chi connectivity index (χ0v) is 12.1. The summed E-state index contributed by atoms with van der Waals surface area (Å²) in [6.45, 7) is 1.00. The summed E-state index contributed by atoms with van der Waals surface area (Å²) in [6, 6.07) is 0.564. The molecule has 0 spiro atoms. The molecule has 0 aromatic rings. The molecule has 0 radical (unpaired) electrons. The monoisotopic (exact) mass is 271 g/mol. The number of halogens is 1. The summed E-state index contributed by atoms with van der Waals surface area (Å²) >= 11 is 5.67. The van der Waals surface area contributed by atoms with Gasteiger partial charge in [0, 0.05) is 24.9 Å². The lowest BCUT2D eigenvalue weighted by molar-refractivity contribution is -0.133. The molecule has 3 heteroatoms. The Morgan fingerprint density at radius 1 is 1.06 bits per heavy atom. The number of nitrogens with zero attached hydrogens (tertiary/aromatic N) is 1. The minimum Gasteiger partial charge on any atom is -0.339 e. The average molecular weight is 272 g/mol. The van der Waals surface area contributed by atoms with E-state index in [4.69, 9.17) is 11.6 Å². The molecule has 2 fully saturated rings. The van der Waals surface area contributed by atoms with Gasteiger partial charge in [-0.2, -0.15) is 0 Å². The summed E-state index contributed by atoms with van der Waals surface area (Å²) in [5.74, 6) is 1.85. The molecule has 0 bridgehead atoms. The van der Waals surface area contributed by atoms with E-state index in [-0.39, 0.29) is 0 Å². The fourth-order valence-electron chi connectivity index (χ4n) is 3.63. The highest BCUT2D eigenvalue weighted by Crippen LogP contribution is 2.34. The highest BCUT2D eigenvalue weighted by molar-refractivity contribution is 6.17. The van der Waals surface area contributed by atoms with Crippen molar-refractivity contribution in [2.45, 2.75) is 70.3 Å². The highest BCUT2D eigenvalue weighted by Gasteiger charge is 2.34. The van der Waals surface area contributed by atoms with Crippen molar-refractivity contribution in [2.75, 3.05) is 12.4 Å². The van der Waals surface area contributed by atoms with E-state index in [2.05, 4.69) is 4.90 Å². The maximum Gasteiger partial charge on any atom is 0.222 e. The lowest BCUT2D eigenvalue weighted by Crippen LogP contribution is -2.40. The van der Waals surface area contributed by atoms with Crippen LogP contribution >= 0.6 is 11.6 Å². The van der Waals surface area contributed by atoms with Gasteiger partial charge >= 0.3 is 0 Å². The molecule has 2 aliphatic rings. The lowest BCUT2D eigenvalue weighted by atomic mass is 9.83. The van der Waals surface area contributed by atoms with Gasteiger partial charge in [0.15, 0.2) is 0 Å². The van der Waals surface area contributed by atoms with Crippen LogP contribution in [-0.2, 0) is 4.79 Å². The predicted octanol–water partition coefficient (Wildman–Crippen LogP) is 3.97. The number of rotatable bonds is 5. The van der Waals surface area contributed by atoms with E-state index in [0.717, 1.165) is 25.3 Å².